The smallest absolute Gasteiger partial charge is 0.123 e. The molecule has 3 heteroatoms. The van der Waals surface area contributed by atoms with Crippen molar-refractivity contribution in [2.75, 3.05) is 6.61 Å². The summed E-state index contributed by atoms with van der Waals surface area (Å²) in [4.78, 5) is 0. The third-order valence-corrected chi connectivity index (χ3v) is 2.87. The van der Waals surface area contributed by atoms with Crippen LogP contribution in [0.15, 0.2) is 54.6 Å². The summed E-state index contributed by atoms with van der Waals surface area (Å²) in [6.07, 6.45) is 0.623. The molecule has 0 spiro atoms. The molecule has 1 unspecified atom stereocenters. The van der Waals surface area contributed by atoms with Crippen molar-refractivity contribution in [1.29, 1.82) is 0 Å². The summed E-state index contributed by atoms with van der Waals surface area (Å²) < 4.78 is 18.5. The lowest BCUT2D eigenvalue weighted by atomic mass is 10.1. The standard InChI is InChI=1S/C16H17FO2/c17-14-7-4-6-13(12-14)16(18)10-5-11-19-15-8-2-1-3-9-15/h1-4,6-9,12,16,18H,5,10-11H2. The topological polar surface area (TPSA) is 29.5 Å². The normalized spacial score (nSPS) is 12.1. The van der Waals surface area contributed by atoms with Crippen molar-refractivity contribution in [2.24, 2.45) is 0 Å². The molecule has 0 radical (unpaired) electrons. The zero-order chi connectivity index (χ0) is 13.5. The maximum absolute atomic E-state index is 13.0. The molecule has 0 aliphatic heterocycles. The average Bonchev–Trinajstić information content (AvgIpc) is 2.44. The molecule has 0 fully saturated rings. The number of rotatable bonds is 6. The second-order valence-corrected chi connectivity index (χ2v) is 4.37. The zero-order valence-corrected chi connectivity index (χ0v) is 10.6. The van der Waals surface area contributed by atoms with Gasteiger partial charge in [-0.3, -0.25) is 0 Å². The molecule has 1 N–H and O–H groups in total. The van der Waals surface area contributed by atoms with Crippen LogP contribution in [0.1, 0.15) is 24.5 Å². The molecule has 0 heterocycles. The Morgan fingerprint density at radius 3 is 2.58 bits per heavy atom. The molecule has 2 aromatic rings. The number of benzene rings is 2. The van der Waals surface area contributed by atoms with Crippen LogP contribution >= 0.6 is 0 Å². The maximum atomic E-state index is 13.0. The summed E-state index contributed by atoms with van der Waals surface area (Å²) in [5, 5.41) is 9.92. The minimum Gasteiger partial charge on any atom is -0.494 e. The largest absolute Gasteiger partial charge is 0.494 e. The van der Waals surface area contributed by atoms with Crippen molar-refractivity contribution in [2.45, 2.75) is 18.9 Å². The third kappa shape index (κ3) is 4.38. The summed E-state index contributed by atoms with van der Waals surface area (Å²) >= 11 is 0. The van der Waals surface area contributed by atoms with Crippen LogP contribution in [0.3, 0.4) is 0 Å². The fraction of sp³-hybridized carbons (Fsp3) is 0.250. The molecular weight excluding hydrogens is 243 g/mol. The van der Waals surface area contributed by atoms with Gasteiger partial charge in [-0.2, -0.15) is 0 Å². The fourth-order valence-corrected chi connectivity index (χ4v) is 1.86. The zero-order valence-electron chi connectivity index (χ0n) is 10.6. The van der Waals surface area contributed by atoms with Crippen LogP contribution in [0.25, 0.3) is 0 Å². The van der Waals surface area contributed by atoms with E-state index >= 15 is 0 Å². The van der Waals surface area contributed by atoms with Crippen molar-refractivity contribution in [1.82, 2.24) is 0 Å². The van der Waals surface area contributed by atoms with Crippen molar-refractivity contribution >= 4 is 0 Å². The first kappa shape index (κ1) is 13.6. The number of aliphatic hydroxyl groups excluding tert-OH is 1. The van der Waals surface area contributed by atoms with Gasteiger partial charge in [-0.15, -0.1) is 0 Å². The highest BCUT2D eigenvalue weighted by Crippen LogP contribution is 2.19. The number of halogens is 1. The number of aliphatic hydroxyl groups is 1. The van der Waals surface area contributed by atoms with E-state index in [2.05, 4.69) is 0 Å². The van der Waals surface area contributed by atoms with E-state index < -0.39 is 6.10 Å². The lowest BCUT2D eigenvalue weighted by Crippen LogP contribution is -2.03. The van der Waals surface area contributed by atoms with E-state index in [0.29, 0.717) is 25.0 Å². The van der Waals surface area contributed by atoms with Crippen molar-refractivity contribution in [3.8, 4) is 5.75 Å². The van der Waals surface area contributed by atoms with Crippen LogP contribution < -0.4 is 4.74 Å². The van der Waals surface area contributed by atoms with Gasteiger partial charge in [-0.25, -0.2) is 4.39 Å². The van der Waals surface area contributed by atoms with Crippen LogP contribution in [0.2, 0.25) is 0 Å². The van der Waals surface area contributed by atoms with Crippen molar-refractivity contribution < 1.29 is 14.2 Å². The van der Waals surface area contributed by atoms with Crippen LogP contribution in [0.5, 0.6) is 5.75 Å². The van der Waals surface area contributed by atoms with Crippen LogP contribution in [-0.2, 0) is 0 Å². The second kappa shape index (κ2) is 6.90. The second-order valence-electron chi connectivity index (χ2n) is 4.37. The Morgan fingerprint density at radius 1 is 1.05 bits per heavy atom. The lowest BCUT2D eigenvalue weighted by molar-refractivity contribution is 0.154. The Balaban J connectivity index is 1.74. The molecule has 2 nitrogen and oxygen atoms in total. The van der Waals surface area contributed by atoms with E-state index in [1.807, 2.05) is 30.3 Å². The number of hydrogen-bond donors (Lipinski definition) is 1. The van der Waals surface area contributed by atoms with Gasteiger partial charge in [0.15, 0.2) is 0 Å². The van der Waals surface area contributed by atoms with E-state index in [1.165, 1.54) is 12.1 Å². The van der Waals surface area contributed by atoms with Gasteiger partial charge in [-0.05, 0) is 42.7 Å². The Hall–Kier alpha value is -1.87. The molecule has 0 aliphatic rings. The minimum atomic E-state index is -0.643. The van der Waals surface area contributed by atoms with E-state index in [9.17, 15) is 9.50 Å². The van der Waals surface area contributed by atoms with Gasteiger partial charge in [0, 0.05) is 0 Å². The quantitative estimate of drug-likeness (QED) is 0.802. The predicted octanol–water partition coefficient (Wildman–Crippen LogP) is 3.72. The molecule has 0 aromatic heterocycles. The van der Waals surface area contributed by atoms with Gasteiger partial charge in [0.2, 0.25) is 0 Å². The highest BCUT2D eigenvalue weighted by Gasteiger charge is 2.07. The van der Waals surface area contributed by atoms with E-state index in [-0.39, 0.29) is 5.82 Å². The lowest BCUT2D eigenvalue weighted by Gasteiger charge is -2.11. The first-order valence-electron chi connectivity index (χ1n) is 6.37. The minimum absolute atomic E-state index is 0.322. The molecule has 0 saturated carbocycles. The summed E-state index contributed by atoms with van der Waals surface area (Å²) in [6.45, 7) is 0.538. The third-order valence-electron chi connectivity index (χ3n) is 2.87. The molecule has 0 amide bonds. The number of hydrogen-bond acceptors (Lipinski definition) is 2. The number of ether oxygens (including phenoxy) is 1. The summed E-state index contributed by atoms with van der Waals surface area (Å²) in [5.74, 6) is 0.500. The van der Waals surface area contributed by atoms with Crippen LogP contribution in [-0.4, -0.2) is 11.7 Å². The van der Waals surface area contributed by atoms with Gasteiger partial charge in [-0.1, -0.05) is 30.3 Å². The monoisotopic (exact) mass is 260 g/mol. The Kier molecular flexibility index (Phi) is 4.93. The Labute approximate surface area is 112 Å². The van der Waals surface area contributed by atoms with Gasteiger partial charge < -0.3 is 9.84 Å². The molecule has 1 atom stereocenters. The van der Waals surface area contributed by atoms with Crippen LogP contribution in [0.4, 0.5) is 4.39 Å². The predicted molar refractivity (Wildman–Crippen MR) is 72.5 cm³/mol. The number of para-hydroxylation sites is 1. The average molecular weight is 260 g/mol. The molecule has 0 bridgehead atoms. The summed E-state index contributed by atoms with van der Waals surface area (Å²) in [5.41, 5.74) is 0.611. The highest BCUT2D eigenvalue weighted by atomic mass is 19.1. The van der Waals surface area contributed by atoms with Crippen molar-refractivity contribution in [3.05, 3.63) is 66.0 Å². The van der Waals surface area contributed by atoms with E-state index in [0.717, 1.165) is 5.75 Å². The van der Waals surface area contributed by atoms with Gasteiger partial charge in [0.05, 0.1) is 12.7 Å². The SMILES string of the molecule is OC(CCCOc1ccccc1)c1cccc(F)c1. The maximum Gasteiger partial charge on any atom is 0.123 e. The van der Waals surface area contributed by atoms with Crippen molar-refractivity contribution in [3.63, 3.8) is 0 Å². The van der Waals surface area contributed by atoms with Gasteiger partial charge in [0.1, 0.15) is 11.6 Å². The van der Waals surface area contributed by atoms with E-state index in [1.54, 1.807) is 12.1 Å². The first-order chi connectivity index (χ1) is 9.25. The first-order valence-corrected chi connectivity index (χ1v) is 6.37. The van der Waals surface area contributed by atoms with Crippen LogP contribution in [0, 0.1) is 5.82 Å². The fourth-order valence-electron chi connectivity index (χ4n) is 1.86. The van der Waals surface area contributed by atoms with E-state index in [4.69, 9.17) is 4.74 Å². The molecule has 100 valence electrons. The summed E-state index contributed by atoms with van der Waals surface area (Å²) in [7, 11) is 0. The highest BCUT2D eigenvalue weighted by molar-refractivity contribution is 5.21. The molecule has 19 heavy (non-hydrogen) atoms. The summed E-state index contributed by atoms with van der Waals surface area (Å²) in [6, 6.07) is 15.6. The Bertz CT molecular complexity index is 499. The molecular formula is C16H17FO2. The molecule has 2 aromatic carbocycles. The molecule has 0 saturated heterocycles. The Morgan fingerprint density at radius 2 is 1.84 bits per heavy atom. The molecule has 0 aliphatic carbocycles. The molecule has 2 rings (SSSR count). The van der Waals surface area contributed by atoms with Gasteiger partial charge >= 0.3 is 0 Å². The van der Waals surface area contributed by atoms with Gasteiger partial charge in [0.25, 0.3) is 0 Å².